The predicted molar refractivity (Wildman–Crippen MR) is 201 cm³/mol. The van der Waals surface area contributed by atoms with Gasteiger partial charge < -0.3 is 0 Å². The number of aromatic nitrogens is 2. The van der Waals surface area contributed by atoms with Gasteiger partial charge in [0.25, 0.3) is 0 Å². The Labute approximate surface area is 294 Å². The quantitative estimate of drug-likeness (QED) is 0.164. The van der Waals surface area contributed by atoms with Crippen molar-refractivity contribution in [3.63, 3.8) is 0 Å². The van der Waals surface area contributed by atoms with Crippen molar-refractivity contribution in [1.29, 1.82) is 0 Å². The van der Waals surface area contributed by atoms with Gasteiger partial charge >= 0.3 is 6.18 Å². The van der Waals surface area contributed by atoms with Gasteiger partial charge in [-0.3, -0.25) is 4.57 Å². The van der Waals surface area contributed by atoms with Gasteiger partial charge in [0.05, 0.1) is 16.8 Å². The van der Waals surface area contributed by atoms with Crippen LogP contribution in [0.2, 0.25) is 0 Å². The lowest BCUT2D eigenvalue weighted by atomic mass is 9.97. The number of hydrogen-bond acceptors (Lipinski definition) is 2. The Morgan fingerprint density at radius 1 is 0.529 bits per heavy atom. The summed E-state index contributed by atoms with van der Waals surface area (Å²) >= 11 is 1.62. The van der Waals surface area contributed by atoms with Gasteiger partial charge in [-0.1, -0.05) is 109 Å². The number of benzene rings is 7. The van der Waals surface area contributed by atoms with Crippen molar-refractivity contribution in [2.24, 2.45) is 0 Å². The molecule has 7 heteroatoms. The summed E-state index contributed by atoms with van der Waals surface area (Å²) in [5, 5.41) is 1.97. The highest BCUT2D eigenvalue weighted by atomic mass is 32.1. The standard InChI is InChI=1S/C44H26F4N2S/c45-37-15-8-16-38-41(37)50(39-26-31(27-9-3-1-4-10-27)19-23-33(39)29-11-5-2-6-12-29)43(49-38)35-14-7-13-34-36-25-30(20-24-40(36)51-42(34)35)28-17-21-32(22-18-28)44(46,47)48/h1-26H. The van der Waals surface area contributed by atoms with Crippen LogP contribution in [0.4, 0.5) is 17.6 Å². The predicted octanol–water partition coefficient (Wildman–Crippen LogP) is 13.2. The zero-order valence-corrected chi connectivity index (χ0v) is 27.6. The minimum atomic E-state index is -4.40. The number of alkyl halides is 3. The van der Waals surface area contributed by atoms with Crippen molar-refractivity contribution in [3.05, 3.63) is 169 Å². The van der Waals surface area contributed by atoms with E-state index in [0.29, 0.717) is 22.4 Å². The van der Waals surface area contributed by atoms with E-state index in [4.69, 9.17) is 4.98 Å². The summed E-state index contributed by atoms with van der Waals surface area (Å²) in [5.41, 5.74) is 7.38. The fourth-order valence-corrected chi connectivity index (χ4v) is 8.09. The molecule has 2 aromatic heterocycles. The van der Waals surface area contributed by atoms with Crippen LogP contribution in [0.3, 0.4) is 0 Å². The zero-order chi connectivity index (χ0) is 34.7. The lowest BCUT2D eigenvalue weighted by molar-refractivity contribution is -0.137. The molecule has 2 heterocycles. The largest absolute Gasteiger partial charge is 0.416 e. The molecule has 0 N–H and O–H groups in total. The second-order valence-electron chi connectivity index (χ2n) is 12.4. The van der Waals surface area contributed by atoms with Gasteiger partial charge in [0.2, 0.25) is 0 Å². The smallest absolute Gasteiger partial charge is 0.289 e. The molecule has 0 bridgehead atoms. The van der Waals surface area contributed by atoms with Crippen LogP contribution in [0.15, 0.2) is 158 Å². The van der Waals surface area contributed by atoms with Crippen LogP contribution in [-0.2, 0) is 6.18 Å². The Morgan fingerprint density at radius 3 is 1.92 bits per heavy atom. The van der Waals surface area contributed by atoms with E-state index in [0.717, 1.165) is 71.4 Å². The van der Waals surface area contributed by atoms with Gasteiger partial charge in [-0.25, -0.2) is 9.37 Å². The normalized spacial score (nSPS) is 11.9. The van der Waals surface area contributed by atoms with Crippen molar-refractivity contribution in [2.45, 2.75) is 6.18 Å². The molecule has 0 aliphatic carbocycles. The van der Waals surface area contributed by atoms with E-state index in [-0.39, 0.29) is 5.82 Å². The van der Waals surface area contributed by atoms with Gasteiger partial charge in [-0.15, -0.1) is 11.3 Å². The SMILES string of the molecule is Fc1cccc2nc(-c3cccc4c3sc3ccc(-c5ccc(C(F)(F)F)cc5)cc34)n(-c3cc(-c4ccccc4)ccc3-c3ccccc3)c12. The maximum atomic E-state index is 16.1. The molecule has 0 aliphatic rings. The summed E-state index contributed by atoms with van der Waals surface area (Å²) in [6.07, 6.45) is -4.40. The summed E-state index contributed by atoms with van der Waals surface area (Å²) in [6, 6.07) is 48.7. The average Bonchev–Trinajstić information content (AvgIpc) is 3.74. The molecule has 0 saturated heterocycles. The van der Waals surface area contributed by atoms with Crippen molar-refractivity contribution in [2.75, 3.05) is 0 Å². The van der Waals surface area contributed by atoms with Crippen LogP contribution in [-0.4, -0.2) is 9.55 Å². The lowest BCUT2D eigenvalue weighted by Crippen LogP contribution is -2.03. The topological polar surface area (TPSA) is 17.8 Å². The minimum absolute atomic E-state index is 0.375. The fraction of sp³-hybridized carbons (Fsp3) is 0.0227. The first-order chi connectivity index (χ1) is 24.8. The highest BCUT2D eigenvalue weighted by molar-refractivity contribution is 7.26. The highest BCUT2D eigenvalue weighted by Crippen LogP contribution is 2.44. The van der Waals surface area contributed by atoms with Gasteiger partial charge in [0.15, 0.2) is 0 Å². The Kier molecular flexibility index (Phi) is 7.33. The van der Waals surface area contributed by atoms with Crippen LogP contribution in [0.1, 0.15) is 5.56 Å². The summed E-state index contributed by atoms with van der Waals surface area (Å²) in [6.45, 7) is 0. The fourth-order valence-electron chi connectivity index (χ4n) is 6.90. The van der Waals surface area contributed by atoms with Crippen molar-refractivity contribution >= 4 is 42.5 Å². The number of fused-ring (bicyclic) bond motifs is 4. The van der Waals surface area contributed by atoms with Crippen LogP contribution in [0.25, 0.3) is 81.7 Å². The Hall–Kier alpha value is -6.05. The highest BCUT2D eigenvalue weighted by Gasteiger charge is 2.30. The first kappa shape index (κ1) is 31.0. The summed E-state index contributed by atoms with van der Waals surface area (Å²) in [5.74, 6) is 0.234. The molecule has 0 saturated carbocycles. The maximum absolute atomic E-state index is 16.1. The number of thiophene rings is 1. The number of para-hydroxylation sites is 1. The third kappa shape index (κ3) is 5.38. The first-order valence-corrected chi connectivity index (χ1v) is 17.2. The van der Waals surface area contributed by atoms with Crippen LogP contribution < -0.4 is 0 Å². The molecule has 9 rings (SSSR count). The molecule has 51 heavy (non-hydrogen) atoms. The van der Waals surface area contributed by atoms with Crippen LogP contribution >= 0.6 is 11.3 Å². The van der Waals surface area contributed by atoms with E-state index in [9.17, 15) is 13.2 Å². The third-order valence-corrected chi connectivity index (χ3v) is 10.6. The Morgan fingerprint density at radius 2 is 1.18 bits per heavy atom. The average molecular weight is 691 g/mol. The zero-order valence-electron chi connectivity index (χ0n) is 26.8. The molecular formula is C44H26F4N2S. The van der Waals surface area contributed by atoms with Gasteiger partial charge in [-0.2, -0.15) is 13.2 Å². The molecule has 0 spiro atoms. The molecule has 0 radical (unpaired) electrons. The van der Waals surface area contributed by atoms with E-state index in [1.54, 1.807) is 17.4 Å². The molecule has 0 fully saturated rings. The van der Waals surface area contributed by atoms with E-state index in [1.165, 1.54) is 18.2 Å². The lowest BCUT2D eigenvalue weighted by Gasteiger charge is -2.17. The van der Waals surface area contributed by atoms with E-state index >= 15 is 4.39 Å². The van der Waals surface area contributed by atoms with Gasteiger partial charge in [0.1, 0.15) is 17.2 Å². The molecular weight excluding hydrogens is 665 g/mol. The Bertz CT molecular complexity index is 2730. The maximum Gasteiger partial charge on any atom is 0.416 e. The number of halogens is 4. The molecule has 9 aromatic rings. The number of rotatable bonds is 5. The van der Waals surface area contributed by atoms with E-state index in [1.807, 2.05) is 83.4 Å². The second kappa shape index (κ2) is 12.1. The monoisotopic (exact) mass is 690 g/mol. The van der Waals surface area contributed by atoms with E-state index in [2.05, 4.69) is 42.5 Å². The molecule has 0 aliphatic heterocycles. The number of hydrogen-bond donors (Lipinski definition) is 0. The second-order valence-corrected chi connectivity index (χ2v) is 13.5. The van der Waals surface area contributed by atoms with Crippen LogP contribution in [0.5, 0.6) is 0 Å². The van der Waals surface area contributed by atoms with Crippen molar-refractivity contribution < 1.29 is 17.6 Å². The minimum Gasteiger partial charge on any atom is -0.289 e. The summed E-state index contributed by atoms with van der Waals surface area (Å²) < 4.78 is 59.8. The van der Waals surface area contributed by atoms with Crippen molar-refractivity contribution in [1.82, 2.24) is 9.55 Å². The summed E-state index contributed by atoms with van der Waals surface area (Å²) in [7, 11) is 0. The first-order valence-electron chi connectivity index (χ1n) is 16.4. The summed E-state index contributed by atoms with van der Waals surface area (Å²) in [4.78, 5) is 5.11. The van der Waals surface area contributed by atoms with Gasteiger partial charge in [0, 0.05) is 31.3 Å². The van der Waals surface area contributed by atoms with E-state index < -0.39 is 11.7 Å². The van der Waals surface area contributed by atoms with Gasteiger partial charge in [-0.05, 0) is 76.3 Å². The molecule has 0 unspecified atom stereocenters. The number of nitrogens with zero attached hydrogens (tertiary/aromatic N) is 2. The van der Waals surface area contributed by atoms with Crippen LogP contribution in [0, 0.1) is 5.82 Å². The Balaban J connectivity index is 1.28. The number of imidazole rings is 1. The molecule has 0 amide bonds. The molecule has 246 valence electrons. The molecule has 0 atom stereocenters. The molecule has 7 aromatic carbocycles. The third-order valence-electron chi connectivity index (χ3n) is 9.34. The molecule has 2 nitrogen and oxygen atoms in total. The van der Waals surface area contributed by atoms with Crippen molar-refractivity contribution in [3.8, 4) is 50.5 Å².